The first kappa shape index (κ1) is 10.6. The number of rotatable bonds is 1. The third kappa shape index (κ3) is 2.66. The number of alkyl halides is 1. The summed E-state index contributed by atoms with van der Waals surface area (Å²) in [5.41, 5.74) is 0.987. The number of hydrogen-bond acceptors (Lipinski definition) is 0. The maximum atomic E-state index is 5.74. The average Bonchev–Trinajstić information content (AvgIpc) is 1.89. The van der Waals surface area contributed by atoms with Gasteiger partial charge in [-0.05, 0) is 11.6 Å². The molecule has 0 amide bonds. The second kappa shape index (κ2) is 5.25. The fourth-order valence-electron chi connectivity index (χ4n) is 0.607. The van der Waals surface area contributed by atoms with Crippen molar-refractivity contribution in [3.05, 3.63) is 34.9 Å². The van der Waals surface area contributed by atoms with E-state index in [2.05, 4.69) is 0 Å². The van der Waals surface area contributed by atoms with Crippen LogP contribution in [0.3, 0.4) is 0 Å². The molecule has 0 nitrogen and oxygen atoms in total. The SMILES string of the molecule is ClCc1ccccc1Cl.[H-].[H-].[Mg+2]. The molecule has 0 radical (unpaired) electrons. The van der Waals surface area contributed by atoms with Crippen molar-refractivity contribution in [2.75, 3.05) is 0 Å². The van der Waals surface area contributed by atoms with Gasteiger partial charge in [-0.1, -0.05) is 29.8 Å². The topological polar surface area (TPSA) is 0 Å². The molecule has 0 N–H and O–H groups in total. The minimum absolute atomic E-state index is 0. The van der Waals surface area contributed by atoms with Crippen LogP contribution in [-0.2, 0) is 5.88 Å². The average molecular weight is 187 g/mol. The molecule has 0 saturated heterocycles. The standard InChI is InChI=1S/C7H6Cl2.Mg.2H/c8-5-6-3-1-2-4-7(6)9;;;/h1-4H,5H2;;;/q;+2;2*-1. The summed E-state index contributed by atoms with van der Waals surface area (Å²) in [6.07, 6.45) is 0. The predicted molar refractivity (Wildman–Crippen MR) is 49.0 cm³/mol. The molecule has 0 fully saturated rings. The molecule has 0 saturated carbocycles. The van der Waals surface area contributed by atoms with Crippen LogP contribution in [0.15, 0.2) is 24.3 Å². The van der Waals surface area contributed by atoms with Gasteiger partial charge in [0.25, 0.3) is 0 Å². The molecule has 0 unspecified atom stereocenters. The van der Waals surface area contributed by atoms with Crippen molar-refractivity contribution in [1.82, 2.24) is 0 Å². The molecule has 0 spiro atoms. The molecule has 52 valence electrons. The minimum Gasteiger partial charge on any atom is -1.00 e. The van der Waals surface area contributed by atoms with Gasteiger partial charge in [-0.2, -0.15) is 0 Å². The van der Waals surface area contributed by atoms with Crippen LogP contribution in [0.1, 0.15) is 8.42 Å². The Morgan fingerprint density at radius 3 is 2.30 bits per heavy atom. The van der Waals surface area contributed by atoms with Crippen molar-refractivity contribution in [3.8, 4) is 0 Å². The van der Waals surface area contributed by atoms with E-state index in [1.165, 1.54) is 0 Å². The van der Waals surface area contributed by atoms with Crippen molar-refractivity contribution < 1.29 is 2.85 Å². The fraction of sp³-hybridized carbons (Fsp3) is 0.143. The van der Waals surface area contributed by atoms with Crippen LogP contribution in [0.4, 0.5) is 0 Å². The molecule has 0 aliphatic heterocycles. The predicted octanol–water partition coefficient (Wildman–Crippen LogP) is 2.92. The summed E-state index contributed by atoms with van der Waals surface area (Å²) in [6, 6.07) is 7.55. The van der Waals surface area contributed by atoms with E-state index in [4.69, 9.17) is 23.2 Å². The fourth-order valence-corrected chi connectivity index (χ4v) is 1.11. The Labute approximate surface area is 89.6 Å². The van der Waals surface area contributed by atoms with Crippen LogP contribution in [0.5, 0.6) is 0 Å². The first-order chi connectivity index (χ1) is 4.34. The maximum Gasteiger partial charge on any atom is 2.00 e. The quantitative estimate of drug-likeness (QED) is 0.468. The van der Waals surface area contributed by atoms with Crippen LogP contribution in [-0.4, -0.2) is 23.1 Å². The molecule has 3 heteroatoms. The van der Waals surface area contributed by atoms with Crippen LogP contribution >= 0.6 is 23.2 Å². The summed E-state index contributed by atoms with van der Waals surface area (Å²) in [4.78, 5) is 0. The first-order valence-electron chi connectivity index (χ1n) is 2.64. The molecule has 0 aliphatic rings. The summed E-state index contributed by atoms with van der Waals surface area (Å²) in [5, 5.41) is 0.743. The Kier molecular flexibility index (Phi) is 5.54. The third-order valence-electron chi connectivity index (χ3n) is 1.10. The van der Waals surface area contributed by atoms with Gasteiger partial charge in [-0.3, -0.25) is 0 Å². The van der Waals surface area contributed by atoms with Gasteiger partial charge < -0.3 is 2.85 Å². The maximum absolute atomic E-state index is 5.74. The zero-order valence-electron chi connectivity index (χ0n) is 7.48. The van der Waals surface area contributed by atoms with E-state index in [-0.39, 0.29) is 25.9 Å². The van der Waals surface area contributed by atoms with Crippen molar-refractivity contribution >= 4 is 46.3 Å². The van der Waals surface area contributed by atoms with E-state index in [1.807, 2.05) is 24.3 Å². The van der Waals surface area contributed by atoms with Crippen molar-refractivity contribution in [2.24, 2.45) is 0 Å². The zero-order valence-corrected chi connectivity index (χ0v) is 8.41. The monoisotopic (exact) mass is 186 g/mol. The second-order valence-electron chi connectivity index (χ2n) is 1.73. The van der Waals surface area contributed by atoms with Gasteiger partial charge in [0, 0.05) is 10.9 Å². The van der Waals surface area contributed by atoms with E-state index in [0.717, 1.165) is 10.6 Å². The Morgan fingerprint density at radius 2 is 1.90 bits per heavy atom. The number of benzene rings is 1. The summed E-state index contributed by atoms with van der Waals surface area (Å²) in [5.74, 6) is 0.486. The number of halogens is 2. The minimum atomic E-state index is 0. The Bertz CT molecular complexity index is 208. The van der Waals surface area contributed by atoms with E-state index in [1.54, 1.807) is 0 Å². The molecule has 0 atom stereocenters. The summed E-state index contributed by atoms with van der Waals surface area (Å²) in [7, 11) is 0. The number of hydrogen-bond donors (Lipinski definition) is 0. The molecule has 1 aromatic rings. The van der Waals surface area contributed by atoms with Gasteiger partial charge in [-0.25, -0.2) is 0 Å². The van der Waals surface area contributed by atoms with E-state index < -0.39 is 0 Å². The molecule has 1 rings (SSSR count). The van der Waals surface area contributed by atoms with E-state index >= 15 is 0 Å². The van der Waals surface area contributed by atoms with Crippen LogP contribution < -0.4 is 0 Å². The van der Waals surface area contributed by atoms with Crippen LogP contribution in [0.2, 0.25) is 5.02 Å². The van der Waals surface area contributed by atoms with E-state index in [9.17, 15) is 0 Å². The molecule has 10 heavy (non-hydrogen) atoms. The van der Waals surface area contributed by atoms with E-state index in [0.29, 0.717) is 5.88 Å². The van der Waals surface area contributed by atoms with Crippen LogP contribution in [0, 0.1) is 0 Å². The van der Waals surface area contributed by atoms with Gasteiger partial charge in [0.15, 0.2) is 0 Å². The molecule has 0 heterocycles. The Balaban J connectivity index is -0.000000270. The van der Waals surface area contributed by atoms with Crippen molar-refractivity contribution in [1.29, 1.82) is 0 Å². The summed E-state index contributed by atoms with van der Waals surface area (Å²) < 4.78 is 0. The van der Waals surface area contributed by atoms with Gasteiger partial charge in [0.2, 0.25) is 0 Å². The molecule has 0 bridgehead atoms. The van der Waals surface area contributed by atoms with Gasteiger partial charge >= 0.3 is 23.1 Å². The Morgan fingerprint density at radius 1 is 1.30 bits per heavy atom. The van der Waals surface area contributed by atoms with Gasteiger partial charge in [0.05, 0.1) is 0 Å². The second-order valence-corrected chi connectivity index (χ2v) is 2.40. The normalized spacial score (nSPS) is 8.60. The molecule has 0 aliphatic carbocycles. The molecule has 1 aromatic carbocycles. The smallest absolute Gasteiger partial charge is 1.00 e. The molecule has 0 aromatic heterocycles. The van der Waals surface area contributed by atoms with Gasteiger partial charge in [0.1, 0.15) is 0 Å². The van der Waals surface area contributed by atoms with Gasteiger partial charge in [-0.15, -0.1) is 11.6 Å². The molecular weight excluding hydrogens is 179 g/mol. The third-order valence-corrected chi connectivity index (χ3v) is 1.76. The van der Waals surface area contributed by atoms with Crippen molar-refractivity contribution in [3.63, 3.8) is 0 Å². The van der Waals surface area contributed by atoms with Crippen LogP contribution in [0.25, 0.3) is 0 Å². The first-order valence-corrected chi connectivity index (χ1v) is 3.55. The zero-order chi connectivity index (χ0) is 6.69. The van der Waals surface area contributed by atoms with Crippen molar-refractivity contribution in [2.45, 2.75) is 5.88 Å². The largest absolute Gasteiger partial charge is 2.00 e. The summed E-state index contributed by atoms with van der Waals surface area (Å²) >= 11 is 11.3. The Hall–Kier alpha value is 0.566. The molecular formula is C7H8Cl2Mg. The summed E-state index contributed by atoms with van der Waals surface area (Å²) in [6.45, 7) is 0.